The van der Waals surface area contributed by atoms with Crippen molar-refractivity contribution in [2.24, 2.45) is 0 Å². The number of esters is 3. The number of rotatable bonds is 52. The largest absolute Gasteiger partial charge is 0.462 e. The maximum atomic E-state index is 12.7. The Hall–Kier alpha value is -3.41. The van der Waals surface area contributed by atoms with E-state index in [0.717, 1.165) is 89.9 Å². The third-order valence-corrected chi connectivity index (χ3v) is 12.4. The minimum absolute atomic E-state index is 0.106. The molecule has 6 nitrogen and oxygen atoms in total. The summed E-state index contributed by atoms with van der Waals surface area (Å²) in [5.74, 6) is -1.00. The molecule has 0 aliphatic heterocycles. The van der Waals surface area contributed by atoms with Gasteiger partial charge in [0.15, 0.2) is 6.10 Å². The molecule has 396 valence electrons. The van der Waals surface area contributed by atoms with Crippen LogP contribution in [0.2, 0.25) is 0 Å². The lowest BCUT2D eigenvalue weighted by atomic mass is 10.0. The van der Waals surface area contributed by atoms with Crippen LogP contribution in [0.4, 0.5) is 0 Å². The first-order valence-corrected chi connectivity index (χ1v) is 29.1. The average Bonchev–Trinajstić information content (AvgIpc) is 3.35. The Morgan fingerprint density at radius 1 is 0.304 bits per heavy atom. The van der Waals surface area contributed by atoms with E-state index in [4.69, 9.17) is 14.2 Å². The van der Waals surface area contributed by atoms with Crippen molar-refractivity contribution in [3.05, 3.63) is 85.1 Å². The quantitative estimate of drug-likeness (QED) is 0.0262. The van der Waals surface area contributed by atoms with Gasteiger partial charge >= 0.3 is 17.9 Å². The van der Waals surface area contributed by atoms with Crippen LogP contribution in [0.25, 0.3) is 0 Å². The van der Waals surface area contributed by atoms with Gasteiger partial charge in [-0.3, -0.25) is 14.4 Å². The first kappa shape index (κ1) is 65.6. The Balaban J connectivity index is 4.12. The predicted molar refractivity (Wildman–Crippen MR) is 297 cm³/mol. The molecule has 0 N–H and O–H groups in total. The van der Waals surface area contributed by atoms with Crippen LogP contribution in [0.1, 0.15) is 278 Å². The monoisotopic (exact) mass is 961 g/mol. The van der Waals surface area contributed by atoms with E-state index in [-0.39, 0.29) is 31.6 Å². The van der Waals surface area contributed by atoms with E-state index < -0.39 is 12.1 Å². The van der Waals surface area contributed by atoms with Gasteiger partial charge in [0.25, 0.3) is 0 Å². The summed E-state index contributed by atoms with van der Waals surface area (Å²) in [6.45, 7) is 6.39. The molecular weight excluding hydrogens is 853 g/mol. The van der Waals surface area contributed by atoms with Crippen molar-refractivity contribution in [1.29, 1.82) is 0 Å². The summed E-state index contributed by atoms with van der Waals surface area (Å²) in [6.07, 6.45) is 75.1. The summed E-state index contributed by atoms with van der Waals surface area (Å²) >= 11 is 0. The van der Waals surface area contributed by atoms with Gasteiger partial charge in [-0.25, -0.2) is 0 Å². The van der Waals surface area contributed by atoms with Crippen molar-refractivity contribution < 1.29 is 28.6 Å². The minimum Gasteiger partial charge on any atom is -0.462 e. The standard InChI is InChI=1S/C63H108O6/c1-4-7-10-13-15-17-19-21-23-25-27-28-29-30-31-32-33-34-36-37-39-41-43-45-47-50-53-56-62(65)68-59-60(58-67-61(64)55-52-49-12-9-6-3)69-63(66)57-54-51-48-46-44-42-40-38-35-26-24-22-20-18-16-14-11-8-5-2/h8,11,16,18,22,24-25,27,35,38,42,44,48,51,60H,4-7,9-10,12-15,17,19-21,23,26,28-34,36-37,39-41,43,45-47,49-50,52-59H2,1-3H3/b11-8-,18-16-,24-22-,27-25-,38-35-,44-42-,51-48-. The molecule has 0 saturated heterocycles. The lowest BCUT2D eigenvalue weighted by molar-refractivity contribution is -0.166. The fraction of sp³-hybridized carbons (Fsp3) is 0.730. The SMILES string of the molecule is CC/C=C\C/C=C\C/C=C\C/C=C\C/C=C\C/C=C\CCC(=O)OC(COC(=O)CCCCCCC)COC(=O)CCCCCCCCCCCCCCCCC/C=C\CCCCCCCCCC. The van der Waals surface area contributed by atoms with Gasteiger partial charge in [-0.2, -0.15) is 0 Å². The highest BCUT2D eigenvalue weighted by Gasteiger charge is 2.19. The maximum Gasteiger partial charge on any atom is 0.306 e. The first-order chi connectivity index (χ1) is 34.0. The van der Waals surface area contributed by atoms with Gasteiger partial charge in [-0.15, -0.1) is 0 Å². The van der Waals surface area contributed by atoms with Crippen molar-refractivity contribution in [2.45, 2.75) is 284 Å². The fourth-order valence-electron chi connectivity index (χ4n) is 8.05. The molecule has 1 unspecified atom stereocenters. The molecule has 0 aromatic carbocycles. The molecule has 0 saturated carbocycles. The van der Waals surface area contributed by atoms with Crippen LogP contribution in [0.3, 0.4) is 0 Å². The highest BCUT2D eigenvalue weighted by Crippen LogP contribution is 2.16. The molecule has 0 spiro atoms. The number of unbranched alkanes of at least 4 members (excludes halogenated alkanes) is 27. The Morgan fingerprint density at radius 3 is 0.942 bits per heavy atom. The van der Waals surface area contributed by atoms with Crippen molar-refractivity contribution in [2.75, 3.05) is 13.2 Å². The third kappa shape index (κ3) is 55.4. The molecule has 0 aliphatic carbocycles. The Kier molecular flexibility index (Phi) is 54.3. The first-order valence-electron chi connectivity index (χ1n) is 29.1. The van der Waals surface area contributed by atoms with E-state index in [9.17, 15) is 14.4 Å². The fourth-order valence-corrected chi connectivity index (χ4v) is 8.05. The molecule has 0 rings (SSSR count). The van der Waals surface area contributed by atoms with Crippen LogP contribution in [0, 0.1) is 0 Å². The second-order valence-corrected chi connectivity index (χ2v) is 19.2. The number of carbonyl (C=O) groups excluding carboxylic acids is 3. The molecule has 6 heteroatoms. The number of carbonyl (C=O) groups is 3. The van der Waals surface area contributed by atoms with Crippen LogP contribution >= 0.6 is 0 Å². The lowest BCUT2D eigenvalue weighted by Crippen LogP contribution is -2.30. The van der Waals surface area contributed by atoms with Crippen LogP contribution in [-0.2, 0) is 28.6 Å². The molecule has 0 heterocycles. The zero-order chi connectivity index (χ0) is 50.0. The van der Waals surface area contributed by atoms with Crippen LogP contribution in [-0.4, -0.2) is 37.2 Å². The van der Waals surface area contributed by atoms with E-state index in [2.05, 4.69) is 93.7 Å². The van der Waals surface area contributed by atoms with E-state index >= 15 is 0 Å². The number of ether oxygens (including phenoxy) is 3. The van der Waals surface area contributed by atoms with E-state index in [1.807, 2.05) is 12.2 Å². The normalized spacial score (nSPS) is 12.7. The van der Waals surface area contributed by atoms with E-state index in [1.54, 1.807) is 0 Å². The smallest absolute Gasteiger partial charge is 0.306 e. The van der Waals surface area contributed by atoms with Crippen LogP contribution < -0.4 is 0 Å². The van der Waals surface area contributed by atoms with E-state index in [1.165, 1.54) is 141 Å². The predicted octanol–water partition coefficient (Wildman–Crippen LogP) is 19.5. The highest BCUT2D eigenvalue weighted by atomic mass is 16.6. The van der Waals surface area contributed by atoms with Crippen LogP contribution in [0.15, 0.2) is 85.1 Å². The number of allylic oxidation sites excluding steroid dienone is 14. The van der Waals surface area contributed by atoms with E-state index in [0.29, 0.717) is 19.3 Å². The third-order valence-electron chi connectivity index (χ3n) is 12.4. The molecule has 0 fully saturated rings. The molecule has 69 heavy (non-hydrogen) atoms. The van der Waals surface area contributed by atoms with Crippen molar-refractivity contribution >= 4 is 17.9 Å². The van der Waals surface area contributed by atoms with Crippen LogP contribution in [0.5, 0.6) is 0 Å². The Bertz CT molecular complexity index is 1330. The molecule has 0 amide bonds. The summed E-state index contributed by atoms with van der Waals surface area (Å²) in [6, 6.07) is 0. The van der Waals surface area contributed by atoms with Gasteiger partial charge in [0.1, 0.15) is 13.2 Å². The number of hydrogen-bond donors (Lipinski definition) is 0. The summed E-state index contributed by atoms with van der Waals surface area (Å²) in [5.41, 5.74) is 0. The molecule has 0 aromatic rings. The summed E-state index contributed by atoms with van der Waals surface area (Å²) < 4.78 is 16.6. The number of hydrogen-bond acceptors (Lipinski definition) is 6. The summed E-state index contributed by atoms with van der Waals surface area (Å²) in [7, 11) is 0. The molecule has 0 radical (unpaired) electrons. The zero-order valence-corrected chi connectivity index (χ0v) is 45.3. The summed E-state index contributed by atoms with van der Waals surface area (Å²) in [5, 5.41) is 0. The van der Waals surface area contributed by atoms with Crippen molar-refractivity contribution in [3.8, 4) is 0 Å². The second-order valence-electron chi connectivity index (χ2n) is 19.2. The molecule has 0 bridgehead atoms. The molecule has 0 aromatic heterocycles. The minimum atomic E-state index is -0.813. The van der Waals surface area contributed by atoms with Gasteiger partial charge in [0.05, 0.1) is 0 Å². The molecule has 1 atom stereocenters. The Labute approximate surface area is 426 Å². The maximum absolute atomic E-state index is 12.7. The molecular formula is C63H108O6. The van der Waals surface area contributed by atoms with Gasteiger partial charge in [-0.05, 0) is 83.5 Å². The topological polar surface area (TPSA) is 78.9 Å². The lowest BCUT2D eigenvalue weighted by Gasteiger charge is -2.18. The highest BCUT2D eigenvalue weighted by molar-refractivity contribution is 5.71. The average molecular weight is 962 g/mol. The van der Waals surface area contributed by atoms with Gasteiger partial charge < -0.3 is 14.2 Å². The van der Waals surface area contributed by atoms with Gasteiger partial charge in [0, 0.05) is 19.3 Å². The Morgan fingerprint density at radius 2 is 0.594 bits per heavy atom. The van der Waals surface area contributed by atoms with Gasteiger partial charge in [0.2, 0.25) is 0 Å². The summed E-state index contributed by atoms with van der Waals surface area (Å²) in [4.78, 5) is 37.7. The molecule has 0 aliphatic rings. The second kappa shape index (κ2) is 57.2. The van der Waals surface area contributed by atoms with Crippen molar-refractivity contribution in [3.63, 3.8) is 0 Å². The zero-order valence-electron chi connectivity index (χ0n) is 45.3. The van der Waals surface area contributed by atoms with Crippen molar-refractivity contribution in [1.82, 2.24) is 0 Å². The van der Waals surface area contributed by atoms with Gasteiger partial charge in [-0.1, -0.05) is 260 Å².